The molecule has 0 radical (unpaired) electrons. The second-order valence-electron chi connectivity index (χ2n) is 4.55. The highest BCUT2D eigenvalue weighted by Crippen LogP contribution is 2.32. The summed E-state index contributed by atoms with van der Waals surface area (Å²) in [6.07, 6.45) is -1.00. The molecule has 3 nitrogen and oxygen atoms in total. The van der Waals surface area contributed by atoms with Crippen LogP contribution in [0.5, 0.6) is 11.5 Å². The van der Waals surface area contributed by atoms with Crippen molar-refractivity contribution >= 4 is 12.4 Å². The molecule has 1 rings (SSSR count). The van der Waals surface area contributed by atoms with Gasteiger partial charge in [0, 0.05) is 11.6 Å². The standard InChI is InChI=1S/C14H20F3NO2.ClH/c1-3-4-5-6-12(18)11-9-10(20-14(15,16)17)7-8-13(11)19-2;/h7-9,12H,3-6,18H2,1-2H3;1H/t12-;/m1./s1. The van der Waals surface area contributed by atoms with Gasteiger partial charge in [-0.15, -0.1) is 25.6 Å². The van der Waals surface area contributed by atoms with Crippen molar-refractivity contribution in [3.05, 3.63) is 23.8 Å². The maximum absolute atomic E-state index is 12.2. The summed E-state index contributed by atoms with van der Waals surface area (Å²) in [6, 6.07) is 3.58. The first-order chi connectivity index (χ1) is 9.37. The lowest BCUT2D eigenvalue weighted by atomic mass is 10.00. The fourth-order valence-corrected chi connectivity index (χ4v) is 1.97. The van der Waals surface area contributed by atoms with E-state index in [-0.39, 0.29) is 24.2 Å². The Hall–Kier alpha value is -1.14. The molecule has 1 atom stereocenters. The van der Waals surface area contributed by atoms with Crippen molar-refractivity contribution in [2.75, 3.05) is 7.11 Å². The van der Waals surface area contributed by atoms with Gasteiger partial charge in [0.2, 0.25) is 0 Å². The van der Waals surface area contributed by atoms with Gasteiger partial charge >= 0.3 is 6.36 Å². The molecular formula is C14H21ClF3NO2. The zero-order chi connectivity index (χ0) is 15.2. The Labute approximate surface area is 129 Å². The Morgan fingerprint density at radius 2 is 1.90 bits per heavy atom. The van der Waals surface area contributed by atoms with Crippen LogP contribution < -0.4 is 15.2 Å². The monoisotopic (exact) mass is 327 g/mol. The van der Waals surface area contributed by atoms with E-state index in [0.717, 1.165) is 19.3 Å². The number of rotatable bonds is 7. The highest BCUT2D eigenvalue weighted by atomic mass is 35.5. The molecule has 0 heterocycles. The van der Waals surface area contributed by atoms with Crippen molar-refractivity contribution in [1.82, 2.24) is 0 Å². The van der Waals surface area contributed by atoms with Crippen LogP contribution in [0.15, 0.2) is 18.2 Å². The molecule has 1 aromatic carbocycles. The summed E-state index contributed by atoms with van der Waals surface area (Å²) in [7, 11) is 1.46. The lowest BCUT2D eigenvalue weighted by Crippen LogP contribution is -2.18. The summed E-state index contributed by atoms with van der Waals surface area (Å²) in [6.45, 7) is 2.07. The third kappa shape index (κ3) is 6.91. The number of unbranched alkanes of at least 4 members (excludes halogenated alkanes) is 2. The third-order valence-corrected chi connectivity index (χ3v) is 2.95. The molecule has 0 saturated carbocycles. The van der Waals surface area contributed by atoms with Crippen molar-refractivity contribution in [1.29, 1.82) is 0 Å². The maximum Gasteiger partial charge on any atom is 0.573 e. The number of hydrogen-bond donors (Lipinski definition) is 1. The molecule has 0 saturated heterocycles. The van der Waals surface area contributed by atoms with Crippen LogP contribution in [0.4, 0.5) is 13.2 Å². The fourth-order valence-electron chi connectivity index (χ4n) is 1.97. The molecule has 0 spiro atoms. The molecule has 0 aliphatic rings. The quantitative estimate of drug-likeness (QED) is 0.745. The molecule has 0 fully saturated rings. The van der Waals surface area contributed by atoms with Crippen molar-refractivity contribution in [2.45, 2.75) is 45.0 Å². The van der Waals surface area contributed by atoms with Crippen molar-refractivity contribution in [3.63, 3.8) is 0 Å². The van der Waals surface area contributed by atoms with Gasteiger partial charge < -0.3 is 15.2 Å². The molecule has 2 N–H and O–H groups in total. The minimum Gasteiger partial charge on any atom is -0.496 e. The maximum atomic E-state index is 12.2. The predicted molar refractivity (Wildman–Crippen MR) is 78.0 cm³/mol. The number of methoxy groups -OCH3 is 1. The normalized spacial score (nSPS) is 12.5. The van der Waals surface area contributed by atoms with E-state index in [2.05, 4.69) is 11.7 Å². The van der Waals surface area contributed by atoms with Gasteiger partial charge in [-0.3, -0.25) is 0 Å². The number of nitrogens with two attached hydrogens (primary N) is 1. The van der Waals surface area contributed by atoms with Crippen molar-refractivity contribution in [2.24, 2.45) is 5.73 Å². The molecular weight excluding hydrogens is 307 g/mol. The van der Waals surface area contributed by atoms with Gasteiger partial charge in [-0.05, 0) is 24.6 Å². The van der Waals surface area contributed by atoms with E-state index in [4.69, 9.17) is 10.5 Å². The molecule has 0 aliphatic carbocycles. The lowest BCUT2D eigenvalue weighted by Gasteiger charge is -2.17. The van der Waals surface area contributed by atoms with E-state index in [1.165, 1.54) is 25.3 Å². The zero-order valence-electron chi connectivity index (χ0n) is 12.1. The van der Waals surface area contributed by atoms with E-state index >= 15 is 0 Å². The van der Waals surface area contributed by atoms with Crippen LogP contribution in [-0.2, 0) is 0 Å². The summed E-state index contributed by atoms with van der Waals surface area (Å²) >= 11 is 0. The van der Waals surface area contributed by atoms with Crippen LogP contribution in [0.2, 0.25) is 0 Å². The van der Waals surface area contributed by atoms with Crippen LogP contribution in [0.1, 0.15) is 44.2 Å². The predicted octanol–water partition coefficient (Wildman–Crippen LogP) is 4.60. The van der Waals surface area contributed by atoms with Gasteiger partial charge in [-0.25, -0.2) is 0 Å². The molecule has 7 heteroatoms. The van der Waals surface area contributed by atoms with Gasteiger partial charge in [-0.1, -0.05) is 26.2 Å². The first kappa shape index (κ1) is 19.9. The smallest absolute Gasteiger partial charge is 0.496 e. The molecule has 0 bridgehead atoms. The first-order valence-corrected chi connectivity index (χ1v) is 6.56. The third-order valence-electron chi connectivity index (χ3n) is 2.95. The van der Waals surface area contributed by atoms with E-state index in [0.29, 0.717) is 17.7 Å². The van der Waals surface area contributed by atoms with Crippen molar-refractivity contribution in [3.8, 4) is 11.5 Å². The average Bonchev–Trinajstić information content (AvgIpc) is 2.37. The number of alkyl halides is 3. The Morgan fingerprint density at radius 1 is 1.24 bits per heavy atom. The number of benzene rings is 1. The van der Waals surface area contributed by atoms with Gasteiger partial charge in [0.25, 0.3) is 0 Å². The number of hydrogen-bond acceptors (Lipinski definition) is 3. The molecule has 1 aromatic rings. The molecule has 122 valence electrons. The van der Waals surface area contributed by atoms with Crippen LogP contribution in [-0.4, -0.2) is 13.5 Å². The highest BCUT2D eigenvalue weighted by Gasteiger charge is 2.31. The van der Waals surface area contributed by atoms with E-state index in [1.807, 2.05) is 0 Å². The molecule has 21 heavy (non-hydrogen) atoms. The van der Waals surface area contributed by atoms with Crippen LogP contribution in [0.3, 0.4) is 0 Å². The van der Waals surface area contributed by atoms with Gasteiger partial charge in [0.1, 0.15) is 11.5 Å². The largest absolute Gasteiger partial charge is 0.573 e. The van der Waals surface area contributed by atoms with Gasteiger partial charge in [-0.2, -0.15) is 0 Å². The fraction of sp³-hybridized carbons (Fsp3) is 0.571. The SMILES string of the molecule is CCCCC[C@@H](N)c1cc(OC(F)(F)F)ccc1OC.Cl. The number of ether oxygens (including phenoxy) is 2. The first-order valence-electron chi connectivity index (χ1n) is 6.56. The summed E-state index contributed by atoms with van der Waals surface area (Å²) in [5, 5.41) is 0. The van der Waals surface area contributed by atoms with Gasteiger partial charge in [0.05, 0.1) is 7.11 Å². The summed E-state index contributed by atoms with van der Waals surface area (Å²) < 4.78 is 45.7. The minimum absolute atomic E-state index is 0. The topological polar surface area (TPSA) is 44.5 Å². The Kier molecular flexibility index (Phi) is 8.51. The Morgan fingerprint density at radius 3 is 2.43 bits per heavy atom. The van der Waals surface area contributed by atoms with E-state index in [1.54, 1.807) is 0 Å². The molecule has 0 amide bonds. The van der Waals surface area contributed by atoms with Crippen LogP contribution in [0, 0.1) is 0 Å². The molecule has 0 aromatic heterocycles. The Balaban J connectivity index is 0.00000400. The highest BCUT2D eigenvalue weighted by molar-refractivity contribution is 5.85. The molecule has 0 unspecified atom stereocenters. The van der Waals surface area contributed by atoms with Crippen LogP contribution in [0.25, 0.3) is 0 Å². The van der Waals surface area contributed by atoms with Crippen molar-refractivity contribution < 1.29 is 22.6 Å². The summed E-state index contributed by atoms with van der Waals surface area (Å²) in [5.41, 5.74) is 6.56. The average molecular weight is 328 g/mol. The second-order valence-corrected chi connectivity index (χ2v) is 4.55. The van der Waals surface area contributed by atoms with Gasteiger partial charge in [0.15, 0.2) is 0 Å². The Bertz CT molecular complexity index is 427. The number of halogens is 4. The second kappa shape index (κ2) is 9.00. The van der Waals surface area contributed by atoms with Crippen LogP contribution >= 0.6 is 12.4 Å². The van der Waals surface area contributed by atoms with E-state index < -0.39 is 6.36 Å². The summed E-state index contributed by atoms with van der Waals surface area (Å²) in [5.74, 6) is 0.197. The lowest BCUT2D eigenvalue weighted by molar-refractivity contribution is -0.274. The van der Waals surface area contributed by atoms with E-state index in [9.17, 15) is 13.2 Å². The summed E-state index contributed by atoms with van der Waals surface area (Å²) in [4.78, 5) is 0. The zero-order valence-corrected chi connectivity index (χ0v) is 12.9. The molecule has 0 aliphatic heterocycles. The minimum atomic E-state index is -4.71.